The molecule has 1 unspecified atom stereocenters. The number of hydrogen-bond acceptors (Lipinski definition) is 3. The summed E-state index contributed by atoms with van der Waals surface area (Å²) < 4.78 is 7.92. The zero-order chi connectivity index (χ0) is 16.7. The van der Waals surface area contributed by atoms with E-state index in [1.54, 1.807) is 12.5 Å². The van der Waals surface area contributed by atoms with Crippen LogP contribution in [-0.2, 0) is 4.74 Å². The molecule has 1 aliphatic rings. The summed E-state index contributed by atoms with van der Waals surface area (Å²) in [6, 6.07) is 7.51. The number of carbonyl (C=O) groups excluding carboxylic acids is 1. The standard InChI is InChI=1S/C18H23N3O2/c1-17(2)11-15(18(3,4)23-17)20-16(22)13-6-5-7-14(10-13)21-9-8-19-12-21/h5-10,12,15H,11H2,1-4H3,(H,20,22). The molecule has 2 heterocycles. The van der Waals surface area contributed by atoms with Crippen LogP contribution in [0.3, 0.4) is 0 Å². The molecule has 3 rings (SSSR count). The Hall–Kier alpha value is -2.14. The summed E-state index contributed by atoms with van der Waals surface area (Å²) in [6.45, 7) is 8.16. The third-order valence-electron chi connectivity index (χ3n) is 4.29. The number of nitrogens with one attached hydrogen (secondary N) is 1. The Morgan fingerprint density at radius 3 is 2.74 bits per heavy atom. The molecule has 5 nitrogen and oxygen atoms in total. The average molecular weight is 313 g/mol. The Bertz CT molecular complexity index is 705. The lowest BCUT2D eigenvalue weighted by Gasteiger charge is -2.27. The number of aromatic nitrogens is 2. The van der Waals surface area contributed by atoms with Crippen LogP contribution in [0.5, 0.6) is 0 Å². The van der Waals surface area contributed by atoms with E-state index in [1.807, 2.05) is 48.9 Å². The molecular formula is C18H23N3O2. The molecule has 1 aromatic carbocycles. The zero-order valence-corrected chi connectivity index (χ0v) is 14.0. The molecule has 1 aliphatic heterocycles. The van der Waals surface area contributed by atoms with E-state index in [9.17, 15) is 4.79 Å². The van der Waals surface area contributed by atoms with Crippen LogP contribution in [0.1, 0.15) is 44.5 Å². The van der Waals surface area contributed by atoms with Crippen LogP contribution in [0.15, 0.2) is 43.0 Å². The summed E-state index contributed by atoms with van der Waals surface area (Å²) in [7, 11) is 0. The highest BCUT2D eigenvalue weighted by Gasteiger charge is 2.46. The maximum Gasteiger partial charge on any atom is 0.251 e. The Labute approximate surface area is 136 Å². The topological polar surface area (TPSA) is 56.2 Å². The number of benzene rings is 1. The minimum Gasteiger partial charge on any atom is -0.367 e. The van der Waals surface area contributed by atoms with Gasteiger partial charge in [-0.1, -0.05) is 6.07 Å². The predicted molar refractivity (Wildman–Crippen MR) is 88.7 cm³/mol. The molecule has 1 amide bonds. The van der Waals surface area contributed by atoms with Gasteiger partial charge in [-0.05, 0) is 52.3 Å². The molecule has 0 bridgehead atoms. The third kappa shape index (κ3) is 3.29. The fourth-order valence-corrected chi connectivity index (χ4v) is 3.25. The molecule has 0 aliphatic carbocycles. The van der Waals surface area contributed by atoms with Crippen molar-refractivity contribution in [2.45, 2.75) is 51.4 Å². The van der Waals surface area contributed by atoms with Gasteiger partial charge in [0.1, 0.15) is 0 Å². The number of rotatable bonds is 3. The average Bonchev–Trinajstić information content (AvgIpc) is 3.05. The first-order valence-electron chi connectivity index (χ1n) is 7.86. The summed E-state index contributed by atoms with van der Waals surface area (Å²) in [5, 5.41) is 3.12. The first-order valence-corrected chi connectivity index (χ1v) is 7.86. The highest BCUT2D eigenvalue weighted by Crippen LogP contribution is 2.37. The van der Waals surface area contributed by atoms with Crippen LogP contribution in [0, 0.1) is 0 Å². The van der Waals surface area contributed by atoms with Gasteiger partial charge < -0.3 is 14.6 Å². The number of amides is 1. The highest BCUT2D eigenvalue weighted by molar-refractivity contribution is 5.95. The van der Waals surface area contributed by atoms with Gasteiger partial charge in [0.25, 0.3) is 5.91 Å². The Morgan fingerprint density at radius 1 is 1.35 bits per heavy atom. The maximum absolute atomic E-state index is 12.6. The molecule has 5 heteroatoms. The summed E-state index contributed by atoms with van der Waals surface area (Å²) in [6.07, 6.45) is 6.08. The zero-order valence-electron chi connectivity index (χ0n) is 14.0. The van der Waals surface area contributed by atoms with E-state index < -0.39 is 0 Å². The van der Waals surface area contributed by atoms with Crippen LogP contribution in [-0.4, -0.2) is 32.7 Å². The first kappa shape index (κ1) is 15.7. The molecule has 1 saturated heterocycles. The Kier molecular flexibility index (Phi) is 3.76. The van der Waals surface area contributed by atoms with Crippen LogP contribution in [0.4, 0.5) is 0 Å². The molecule has 0 radical (unpaired) electrons. The molecule has 1 aromatic heterocycles. The van der Waals surface area contributed by atoms with Gasteiger partial charge in [-0.15, -0.1) is 0 Å². The summed E-state index contributed by atoms with van der Waals surface area (Å²) in [4.78, 5) is 16.7. The Balaban J connectivity index is 1.78. The second-order valence-corrected chi connectivity index (χ2v) is 7.22. The summed E-state index contributed by atoms with van der Waals surface area (Å²) >= 11 is 0. The van der Waals surface area contributed by atoms with Gasteiger partial charge in [0, 0.05) is 23.6 Å². The monoisotopic (exact) mass is 313 g/mol. The second-order valence-electron chi connectivity index (χ2n) is 7.22. The fourth-order valence-electron chi connectivity index (χ4n) is 3.25. The van der Waals surface area contributed by atoms with E-state index in [2.05, 4.69) is 24.1 Å². The summed E-state index contributed by atoms with van der Waals surface area (Å²) in [5.74, 6) is -0.0775. The van der Waals surface area contributed by atoms with Crippen molar-refractivity contribution < 1.29 is 9.53 Å². The SMILES string of the molecule is CC1(C)CC(NC(=O)c2cccc(-n3ccnc3)c2)C(C)(C)O1. The maximum atomic E-state index is 12.6. The van der Waals surface area contributed by atoms with E-state index in [4.69, 9.17) is 4.74 Å². The van der Waals surface area contributed by atoms with Gasteiger partial charge in [0.05, 0.1) is 23.6 Å². The van der Waals surface area contributed by atoms with Crippen LogP contribution in [0.25, 0.3) is 5.69 Å². The van der Waals surface area contributed by atoms with Crippen molar-refractivity contribution in [3.05, 3.63) is 48.5 Å². The predicted octanol–water partition coefficient (Wildman–Crippen LogP) is 2.95. The third-order valence-corrected chi connectivity index (χ3v) is 4.29. The van der Waals surface area contributed by atoms with E-state index >= 15 is 0 Å². The number of hydrogen-bond donors (Lipinski definition) is 1. The second kappa shape index (κ2) is 5.49. The van der Waals surface area contributed by atoms with Crippen molar-refractivity contribution in [3.63, 3.8) is 0 Å². The lowest BCUT2D eigenvalue weighted by atomic mass is 9.94. The van der Waals surface area contributed by atoms with Crippen molar-refractivity contribution >= 4 is 5.91 Å². The number of ether oxygens (including phenoxy) is 1. The van der Waals surface area contributed by atoms with Gasteiger partial charge in [-0.25, -0.2) is 4.98 Å². The van der Waals surface area contributed by atoms with Gasteiger partial charge in [0.15, 0.2) is 0 Å². The smallest absolute Gasteiger partial charge is 0.251 e. The largest absolute Gasteiger partial charge is 0.367 e. The minimum atomic E-state index is -0.374. The normalized spacial score (nSPS) is 22.0. The Morgan fingerprint density at radius 2 is 2.13 bits per heavy atom. The van der Waals surface area contributed by atoms with Gasteiger partial charge in [0.2, 0.25) is 0 Å². The minimum absolute atomic E-state index is 0.0121. The van der Waals surface area contributed by atoms with E-state index in [1.165, 1.54) is 0 Å². The lowest BCUT2D eigenvalue weighted by Crippen LogP contribution is -2.46. The molecular weight excluding hydrogens is 290 g/mol. The van der Waals surface area contributed by atoms with Crippen molar-refractivity contribution in [2.75, 3.05) is 0 Å². The highest BCUT2D eigenvalue weighted by atomic mass is 16.5. The van der Waals surface area contributed by atoms with Gasteiger partial charge in [-0.3, -0.25) is 4.79 Å². The molecule has 1 fully saturated rings. The van der Waals surface area contributed by atoms with E-state index in [0.717, 1.165) is 12.1 Å². The van der Waals surface area contributed by atoms with Crippen LogP contribution >= 0.6 is 0 Å². The lowest BCUT2D eigenvalue weighted by molar-refractivity contribution is -0.0693. The summed E-state index contributed by atoms with van der Waals surface area (Å²) in [5.41, 5.74) is 0.954. The molecule has 23 heavy (non-hydrogen) atoms. The first-order chi connectivity index (χ1) is 10.8. The van der Waals surface area contributed by atoms with Gasteiger partial charge >= 0.3 is 0 Å². The molecule has 0 spiro atoms. The quantitative estimate of drug-likeness (QED) is 0.948. The van der Waals surface area contributed by atoms with E-state index in [0.29, 0.717) is 5.56 Å². The van der Waals surface area contributed by atoms with Gasteiger partial charge in [-0.2, -0.15) is 0 Å². The van der Waals surface area contributed by atoms with Crippen LogP contribution in [0.2, 0.25) is 0 Å². The van der Waals surface area contributed by atoms with Crippen molar-refractivity contribution in [1.29, 1.82) is 0 Å². The molecule has 122 valence electrons. The van der Waals surface area contributed by atoms with Crippen molar-refractivity contribution in [2.24, 2.45) is 0 Å². The molecule has 1 atom stereocenters. The van der Waals surface area contributed by atoms with Crippen molar-refractivity contribution in [1.82, 2.24) is 14.9 Å². The van der Waals surface area contributed by atoms with E-state index in [-0.39, 0.29) is 23.2 Å². The van der Waals surface area contributed by atoms with Crippen LogP contribution < -0.4 is 5.32 Å². The number of carbonyl (C=O) groups is 1. The molecule has 1 N–H and O–H groups in total. The number of imidazole rings is 1. The number of nitrogens with zero attached hydrogens (tertiary/aromatic N) is 2. The molecule has 0 saturated carbocycles. The molecule has 2 aromatic rings. The fraction of sp³-hybridized carbons (Fsp3) is 0.444. The van der Waals surface area contributed by atoms with Crippen molar-refractivity contribution in [3.8, 4) is 5.69 Å².